The zero-order valence-corrected chi connectivity index (χ0v) is 28.2. The van der Waals surface area contributed by atoms with Gasteiger partial charge in [-0.1, -0.05) is 88.2 Å². The molecule has 0 aliphatic heterocycles. The fourth-order valence-electron chi connectivity index (χ4n) is 4.80. The van der Waals surface area contributed by atoms with Gasteiger partial charge in [0.2, 0.25) is 0 Å². The lowest BCUT2D eigenvalue weighted by molar-refractivity contribution is 0.0945. The molecule has 0 atom stereocenters. The summed E-state index contributed by atoms with van der Waals surface area (Å²) in [6.07, 6.45) is 2.84. The van der Waals surface area contributed by atoms with Crippen molar-refractivity contribution in [2.24, 2.45) is 10.2 Å². The van der Waals surface area contributed by atoms with Crippen LogP contribution in [-0.4, -0.2) is 41.6 Å². The highest BCUT2D eigenvalue weighted by Gasteiger charge is 2.12. The maximum Gasteiger partial charge on any atom is 0.275 e. The van der Waals surface area contributed by atoms with E-state index in [9.17, 15) is 19.8 Å². The monoisotopic (exact) mass is 737 g/mol. The molecule has 10 nitrogen and oxygen atoms in total. The van der Waals surface area contributed by atoms with Crippen LogP contribution in [0.2, 0.25) is 5.02 Å². The summed E-state index contributed by atoms with van der Waals surface area (Å²) in [6.45, 7) is 0. The number of hydrogen-bond donors (Lipinski definition) is 5. The number of benzene rings is 6. The number of nitrogen functional groups attached to an aromatic ring is 1. The fraction of sp³-hybridized carbons (Fsp3) is 0.0270. The lowest BCUT2D eigenvalue weighted by atomic mass is 10.0. The third kappa shape index (κ3) is 8.33. The van der Waals surface area contributed by atoms with Crippen molar-refractivity contribution in [3.8, 4) is 17.2 Å². The molecule has 6 aromatic rings. The summed E-state index contributed by atoms with van der Waals surface area (Å²) in [7, 11) is 1.50. The van der Waals surface area contributed by atoms with Crippen molar-refractivity contribution < 1.29 is 24.5 Å². The van der Waals surface area contributed by atoms with Crippen LogP contribution < -0.4 is 21.3 Å². The summed E-state index contributed by atoms with van der Waals surface area (Å²) in [5.41, 5.74) is 12.7. The van der Waals surface area contributed by atoms with E-state index in [1.807, 2.05) is 60.7 Å². The molecular formula is C37H29BrClN5O5. The van der Waals surface area contributed by atoms with Gasteiger partial charge in [0.1, 0.15) is 17.2 Å². The van der Waals surface area contributed by atoms with Crippen molar-refractivity contribution >= 4 is 79.0 Å². The summed E-state index contributed by atoms with van der Waals surface area (Å²) in [6, 6.07) is 31.7. The normalized spacial score (nSPS) is 11.0. The number of amides is 2. The number of hydrogen-bond acceptors (Lipinski definition) is 8. The number of nitrogens with two attached hydrogens (primary N) is 1. The molecule has 0 aliphatic carbocycles. The van der Waals surface area contributed by atoms with E-state index < -0.39 is 11.8 Å². The number of nitrogens with zero attached hydrogens (tertiary/aromatic N) is 2. The van der Waals surface area contributed by atoms with Crippen molar-refractivity contribution in [1.82, 2.24) is 10.9 Å². The Labute approximate surface area is 294 Å². The lowest BCUT2D eigenvalue weighted by Gasteiger charge is -2.08. The summed E-state index contributed by atoms with van der Waals surface area (Å²) in [5.74, 6) is -0.205. The SMILES string of the molecule is COc1cc(Br)ccc1C(=O)N/N=C/c1c(O)ccc2ccccc12.Nc1ccc(C(=O)N/N=C/c2c(O)ccc3ccccc23)cc1Cl. The van der Waals surface area contributed by atoms with Crippen LogP contribution in [0.4, 0.5) is 5.69 Å². The molecule has 0 aliphatic rings. The molecule has 0 fully saturated rings. The van der Waals surface area contributed by atoms with Crippen LogP contribution in [0.25, 0.3) is 21.5 Å². The molecule has 0 bridgehead atoms. The molecule has 49 heavy (non-hydrogen) atoms. The number of hydrazone groups is 2. The summed E-state index contributed by atoms with van der Waals surface area (Å²) in [5, 5.41) is 31.9. The highest BCUT2D eigenvalue weighted by atomic mass is 79.9. The van der Waals surface area contributed by atoms with Crippen molar-refractivity contribution in [3.63, 3.8) is 0 Å². The molecule has 6 N–H and O–H groups in total. The number of fused-ring (bicyclic) bond motifs is 2. The Hall–Kier alpha value is -5.91. The van der Waals surface area contributed by atoms with Gasteiger partial charge in [-0.05, 0) is 70.1 Å². The van der Waals surface area contributed by atoms with Gasteiger partial charge in [-0.2, -0.15) is 10.2 Å². The van der Waals surface area contributed by atoms with E-state index in [-0.39, 0.29) is 11.5 Å². The van der Waals surface area contributed by atoms with Crippen LogP contribution in [0.15, 0.2) is 124 Å². The molecular weight excluding hydrogens is 710 g/mol. The number of nitrogens with one attached hydrogen (secondary N) is 2. The molecule has 0 spiro atoms. The minimum Gasteiger partial charge on any atom is -0.507 e. The van der Waals surface area contributed by atoms with E-state index in [0.29, 0.717) is 38.7 Å². The topological polar surface area (TPSA) is 159 Å². The summed E-state index contributed by atoms with van der Waals surface area (Å²) < 4.78 is 6.02. The van der Waals surface area contributed by atoms with Gasteiger partial charge in [-0.25, -0.2) is 10.9 Å². The zero-order valence-electron chi connectivity index (χ0n) is 25.9. The number of ether oxygens (including phenoxy) is 1. The third-order valence-electron chi connectivity index (χ3n) is 7.29. The number of rotatable bonds is 7. The molecule has 12 heteroatoms. The molecule has 0 radical (unpaired) electrons. The number of phenolic OH excluding ortho intramolecular Hbond substituents is 2. The van der Waals surface area contributed by atoms with E-state index >= 15 is 0 Å². The van der Waals surface area contributed by atoms with E-state index in [0.717, 1.165) is 26.0 Å². The number of carbonyl (C=O) groups excluding carboxylic acids is 2. The van der Waals surface area contributed by atoms with Crippen molar-refractivity contribution in [2.75, 3.05) is 12.8 Å². The number of phenols is 2. The first-order chi connectivity index (χ1) is 23.7. The van der Waals surface area contributed by atoms with Gasteiger partial charge in [0, 0.05) is 21.2 Å². The van der Waals surface area contributed by atoms with Crippen molar-refractivity contribution in [1.29, 1.82) is 0 Å². The Morgan fingerprint density at radius 3 is 1.86 bits per heavy atom. The van der Waals surface area contributed by atoms with Crippen molar-refractivity contribution in [3.05, 3.63) is 141 Å². The third-order valence-corrected chi connectivity index (χ3v) is 8.11. The quantitative estimate of drug-likeness (QED) is 0.0644. The van der Waals surface area contributed by atoms with Gasteiger partial charge in [-0.15, -0.1) is 0 Å². The largest absolute Gasteiger partial charge is 0.507 e. The second-order valence-electron chi connectivity index (χ2n) is 10.4. The Morgan fingerprint density at radius 1 is 0.755 bits per heavy atom. The second-order valence-corrected chi connectivity index (χ2v) is 11.7. The van der Waals surface area contributed by atoms with E-state index in [4.69, 9.17) is 22.1 Å². The molecule has 2 amide bonds. The predicted molar refractivity (Wildman–Crippen MR) is 198 cm³/mol. The van der Waals surface area contributed by atoms with Crippen LogP contribution >= 0.6 is 27.5 Å². The Kier molecular flexibility index (Phi) is 11.1. The smallest absolute Gasteiger partial charge is 0.275 e. The second kappa shape index (κ2) is 15.8. The molecule has 6 rings (SSSR count). The average Bonchev–Trinajstić information content (AvgIpc) is 3.11. The Bertz CT molecular complexity index is 2240. The van der Waals surface area contributed by atoms with E-state index in [1.54, 1.807) is 42.5 Å². The van der Waals surface area contributed by atoms with Crippen LogP contribution in [0.1, 0.15) is 31.8 Å². The highest BCUT2D eigenvalue weighted by Crippen LogP contribution is 2.27. The first-order valence-electron chi connectivity index (χ1n) is 14.6. The molecule has 0 heterocycles. The standard InChI is InChI=1S/C19H15BrN2O3.C18H14ClN3O2/c1-25-18-10-13(20)7-8-15(18)19(24)22-21-11-16-14-5-3-2-4-12(14)6-9-17(16)23;19-15-9-12(5-7-16(15)20)18(24)22-21-10-14-13-4-2-1-3-11(13)6-8-17(14)23/h2-11,23H,1H3,(H,22,24);1-10,23H,20H2,(H,22,24)/b21-11+;21-10+. The fourth-order valence-corrected chi connectivity index (χ4v) is 5.32. The van der Waals surface area contributed by atoms with Crippen molar-refractivity contribution in [2.45, 2.75) is 0 Å². The van der Waals surface area contributed by atoms with E-state index in [2.05, 4.69) is 37.0 Å². The number of anilines is 1. The lowest BCUT2D eigenvalue weighted by Crippen LogP contribution is -2.18. The van der Waals surface area contributed by atoms with Crippen LogP contribution in [0, 0.1) is 0 Å². The molecule has 0 saturated carbocycles. The summed E-state index contributed by atoms with van der Waals surface area (Å²) >= 11 is 9.23. The van der Waals surface area contributed by atoms with Gasteiger partial charge >= 0.3 is 0 Å². The first kappa shape index (κ1) is 34.4. The van der Waals surface area contributed by atoms with Crippen LogP contribution in [-0.2, 0) is 0 Å². The molecule has 0 unspecified atom stereocenters. The minimum absolute atomic E-state index is 0.0854. The molecule has 246 valence electrons. The van der Waals surface area contributed by atoms with Gasteiger partial charge in [-0.3, -0.25) is 9.59 Å². The van der Waals surface area contributed by atoms with Crippen LogP contribution in [0.3, 0.4) is 0 Å². The zero-order chi connectivity index (χ0) is 34.9. The maximum absolute atomic E-state index is 12.3. The Morgan fingerprint density at radius 2 is 1.31 bits per heavy atom. The van der Waals surface area contributed by atoms with E-state index in [1.165, 1.54) is 25.6 Å². The number of halogens is 2. The number of methoxy groups -OCH3 is 1. The average molecular weight is 739 g/mol. The van der Waals surface area contributed by atoms with Crippen LogP contribution in [0.5, 0.6) is 17.2 Å². The van der Waals surface area contributed by atoms with Gasteiger partial charge < -0.3 is 20.7 Å². The molecule has 0 aromatic heterocycles. The molecule has 6 aromatic carbocycles. The Balaban J connectivity index is 0.000000191. The maximum atomic E-state index is 12.3. The molecule has 0 saturated heterocycles. The highest BCUT2D eigenvalue weighted by molar-refractivity contribution is 9.10. The number of aromatic hydroxyl groups is 2. The summed E-state index contributed by atoms with van der Waals surface area (Å²) in [4.78, 5) is 24.4. The minimum atomic E-state index is -0.423. The predicted octanol–water partition coefficient (Wildman–Crippen LogP) is 7.63. The number of carbonyl (C=O) groups is 2. The van der Waals surface area contributed by atoms with Gasteiger partial charge in [0.05, 0.1) is 35.8 Å². The first-order valence-corrected chi connectivity index (χ1v) is 15.8. The van der Waals surface area contributed by atoms with Gasteiger partial charge in [0.15, 0.2) is 0 Å². The van der Waals surface area contributed by atoms with Gasteiger partial charge in [0.25, 0.3) is 11.8 Å².